The molecule has 0 aliphatic carbocycles. The van der Waals surface area contributed by atoms with Crippen LogP contribution in [0, 0.1) is 0 Å². The van der Waals surface area contributed by atoms with Gasteiger partial charge in [-0.05, 0) is 32.1 Å². The van der Waals surface area contributed by atoms with Crippen LogP contribution in [0.4, 0.5) is 4.79 Å². The Labute approximate surface area is 116 Å². The Hall–Kier alpha value is -0.810. The molecule has 3 N–H and O–H groups in total. The maximum atomic E-state index is 11.9. The molecule has 1 aliphatic rings. The smallest absolute Gasteiger partial charge is 0.315 e. The largest absolute Gasteiger partial charge is 0.388 e. The van der Waals surface area contributed by atoms with E-state index in [9.17, 15) is 9.90 Å². The van der Waals surface area contributed by atoms with Gasteiger partial charge in [0.1, 0.15) is 0 Å². The van der Waals surface area contributed by atoms with Gasteiger partial charge in [0.15, 0.2) is 0 Å². The third-order valence-corrected chi connectivity index (χ3v) is 4.06. The molecule has 1 heterocycles. The number of amides is 2. The summed E-state index contributed by atoms with van der Waals surface area (Å²) in [5.41, 5.74) is -0.803. The van der Waals surface area contributed by atoms with Gasteiger partial charge in [-0.3, -0.25) is 0 Å². The van der Waals surface area contributed by atoms with Gasteiger partial charge in [-0.15, -0.1) is 0 Å². The van der Waals surface area contributed by atoms with Crippen molar-refractivity contribution < 1.29 is 14.6 Å². The fourth-order valence-electron chi connectivity index (χ4n) is 2.34. The summed E-state index contributed by atoms with van der Waals surface area (Å²) in [7, 11) is 0. The average Bonchev–Trinajstić information content (AvgIpc) is 2.96. The quantitative estimate of drug-likeness (QED) is 0.662. The highest BCUT2D eigenvalue weighted by molar-refractivity contribution is 5.74. The molecule has 0 radical (unpaired) electrons. The molecule has 5 nitrogen and oxygen atoms in total. The molecule has 1 rings (SSSR count). The first-order chi connectivity index (χ1) is 9.04. The summed E-state index contributed by atoms with van der Waals surface area (Å²) in [6.07, 6.45) is 4.32. The number of rotatable bonds is 7. The van der Waals surface area contributed by atoms with E-state index in [-0.39, 0.29) is 24.7 Å². The summed E-state index contributed by atoms with van der Waals surface area (Å²) in [6.45, 7) is 6.96. The molecule has 1 aliphatic heterocycles. The number of nitrogens with one attached hydrogen (secondary N) is 2. The summed E-state index contributed by atoms with van der Waals surface area (Å²) in [4.78, 5) is 11.9. The minimum atomic E-state index is -0.803. The molecule has 2 atom stereocenters. The summed E-state index contributed by atoms with van der Waals surface area (Å²) in [5.74, 6) is 0. The van der Waals surface area contributed by atoms with Gasteiger partial charge in [0.05, 0.1) is 17.7 Å². The Balaban J connectivity index is 2.36. The maximum Gasteiger partial charge on any atom is 0.315 e. The van der Waals surface area contributed by atoms with Crippen LogP contribution in [0.3, 0.4) is 0 Å². The fraction of sp³-hybridized carbons (Fsp3) is 0.929. The number of ether oxygens (including phenoxy) is 1. The van der Waals surface area contributed by atoms with Crippen molar-refractivity contribution in [2.24, 2.45) is 0 Å². The maximum absolute atomic E-state index is 11.9. The van der Waals surface area contributed by atoms with E-state index in [4.69, 9.17) is 4.74 Å². The lowest BCUT2D eigenvalue weighted by atomic mass is 9.98. The zero-order valence-electron chi connectivity index (χ0n) is 12.4. The minimum Gasteiger partial charge on any atom is -0.388 e. The zero-order valence-corrected chi connectivity index (χ0v) is 12.4. The summed E-state index contributed by atoms with van der Waals surface area (Å²) < 4.78 is 5.60. The number of carbonyl (C=O) groups excluding carboxylic acids is 1. The van der Waals surface area contributed by atoms with Gasteiger partial charge in [0.2, 0.25) is 0 Å². The third-order valence-electron chi connectivity index (χ3n) is 4.06. The molecule has 0 aromatic rings. The molecule has 112 valence electrons. The Morgan fingerprint density at radius 1 is 1.42 bits per heavy atom. The van der Waals surface area contributed by atoms with E-state index >= 15 is 0 Å². The number of hydrogen-bond acceptors (Lipinski definition) is 3. The average molecular weight is 272 g/mol. The number of aliphatic hydroxyl groups is 1. The van der Waals surface area contributed by atoms with E-state index in [0.29, 0.717) is 12.8 Å². The van der Waals surface area contributed by atoms with Crippen molar-refractivity contribution in [2.75, 3.05) is 13.2 Å². The van der Waals surface area contributed by atoms with Crippen molar-refractivity contribution in [2.45, 2.75) is 70.6 Å². The molecule has 1 fully saturated rings. The molecular formula is C14H28N2O3. The fourth-order valence-corrected chi connectivity index (χ4v) is 2.34. The Morgan fingerprint density at radius 2 is 2.11 bits per heavy atom. The first kappa shape index (κ1) is 16.2. The topological polar surface area (TPSA) is 70.6 Å². The van der Waals surface area contributed by atoms with Crippen LogP contribution in [-0.4, -0.2) is 42.0 Å². The van der Waals surface area contributed by atoms with Crippen molar-refractivity contribution in [3.63, 3.8) is 0 Å². The zero-order chi connectivity index (χ0) is 14.3. The number of urea groups is 1. The second kappa shape index (κ2) is 7.70. The molecule has 0 saturated carbocycles. The lowest BCUT2D eigenvalue weighted by Crippen LogP contribution is -2.51. The number of hydrogen-bond donors (Lipinski definition) is 3. The van der Waals surface area contributed by atoms with Crippen LogP contribution < -0.4 is 10.6 Å². The van der Waals surface area contributed by atoms with Gasteiger partial charge in [0, 0.05) is 13.2 Å². The third kappa shape index (κ3) is 4.99. The summed E-state index contributed by atoms with van der Waals surface area (Å²) >= 11 is 0. The molecule has 1 saturated heterocycles. The van der Waals surface area contributed by atoms with Gasteiger partial charge in [-0.25, -0.2) is 4.79 Å². The van der Waals surface area contributed by atoms with E-state index in [1.807, 2.05) is 20.8 Å². The number of carbonyl (C=O) groups is 1. The summed E-state index contributed by atoms with van der Waals surface area (Å²) in [6, 6.07) is -0.165. The van der Waals surface area contributed by atoms with Gasteiger partial charge in [0.25, 0.3) is 0 Å². The van der Waals surface area contributed by atoms with Crippen molar-refractivity contribution in [1.29, 1.82) is 0 Å². The Morgan fingerprint density at radius 3 is 2.58 bits per heavy atom. The first-order valence-electron chi connectivity index (χ1n) is 7.43. The molecule has 0 aromatic carbocycles. The second-order valence-electron chi connectivity index (χ2n) is 5.32. The van der Waals surface area contributed by atoms with E-state index < -0.39 is 5.60 Å². The predicted molar refractivity (Wildman–Crippen MR) is 75.1 cm³/mol. The molecule has 2 amide bonds. The van der Waals surface area contributed by atoms with Crippen LogP contribution >= 0.6 is 0 Å². The SMILES string of the molecule is CCC(NC(=O)NCC(O)(CC)CC)C1CCCO1. The predicted octanol–water partition coefficient (Wildman–Crippen LogP) is 1.79. The van der Waals surface area contributed by atoms with Crippen molar-refractivity contribution in [1.82, 2.24) is 10.6 Å². The van der Waals surface area contributed by atoms with E-state index in [0.717, 1.165) is 25.9 Å². The van der Waals surface area contributed by atoms with Crippen molar-refractivity contribution in [3.05, 3.63) is 0 Å². The van der Waals surface area contributed by atoms with Gasteiger partial charge in [-0.1, -0.05) is 20.8 Å². The molecule has 19 heavy (non-hydrogen) atoms. The van der Waals surface area contributed by atoms with Crippen LogP contribution in [-0.2, 0) is 4.74 Å². The first-order valence-corrected chi connectivity index (χ1v) is 7.43. The molecule has 0 aromatic heterocycles. The van der Waals surface area contributed by atoms with E-state index in [2.05, 4.69) is 10.6 Å². The second-order valence-corrected chi connectivity index (χ2v) is 5.32. The molecule has 0 bridgehead atoms. The normalized spacial score (nSPS) is 21.2. The van der Waals surface area contributed by atoms with E-state index in [1.165, 1.54) is 0 Å². The highest BCUT2D eigenvalue weighted by Gasteiger charge is 2.27. The Kier molecular flexibility index (Phi) is 6.58. The lowest BCUT2D eigenvalue weighted by molar-refractivity contribution is 0.0343. The van der Waals surface area contributed by atoms with Crippen LogP contribution in [0.1, 0.15) is 52.9 Å². The van der Waals surface area contributed by atoms with Gasteiger partial charge in [-0.2, -0.15) is 0 Å². The van der Waals surface area contributed by atoms with Crippen LogP contribution in [0.15, 0.2) is 0 Å². The van der Waals surface area contributed by atoms with Gasteiger partial charge >= 0.3 is 6.03 Å². The van der Waals surface area contributed by atoms with Crippen molar-refractivity contribution >= 4 is 6.03 Å². The van der Waals surface area contributed by atoms with Gasteiger partial charge < -0.3 is 20.5 Å². The van der Waals surface area contributed by atoms with Crippen molar-refractivity contribution in [3.8, 4) is 0 Å². The van der Waals surface area contributed by atoms with Crippen LogP contribution in [0.2, 0.25) is 0 Å². The standard InChI is InChI=1S/C14H28N2O3/c1-4-11(12-8-7-9-19-12)16-13(17)15-10-14(18,5-2)6-3/h11-12,18H,4-10H2,1-3H3,(H2,15,16,17). The summed E-state index contributed by atoms with van der Waals surface area (Å²) in [5, 5.41) is 15.8. The highest BCUT2D eigenvalue weighted by Crippen LogP contribution is 2.17. The molecular weight excluding hydrogens is 244 g/mol. The highest BCUT2D eigenvalue weighted by atomic mass is 16.5. The molecule has 0 spiro atoms. The van der Waals surface area contributed by atoms with Crippen LogP contribution in [0.5, 0.6) is 0 Å². The molecule has 5 heteroatoms. The van der Waals surface area contributed by atoms with Crippen LogP contribution in [0.25, 0.3) is 0 Å². The molecule has 2 unspecified atom stereocenters. The monoisotopic (exact) mass is 272 g/mol. The van der Waals surface area contributed by atoms with E-state index in [1.54, 1.807) is 0 Å². The minimum absolute atomic E-state index is 0.0545. The lowest BCUT2D eigenvalue weighted by Gasteiger charge is -2.27. The Bertz CT molecular complexity index is 274.